The Labute approximate surface area is 242 Å². The summed E-state index contributed by atoms with van der Waals surface area (Å²) < 4.78 is 3.43. The number of hydroxylamine groups is 2. The largest absolute Gasteiger partial charge is 0.338 e. The fourth-order valence-corrected chi connectivity index (χ4v) is 7.00. The van der Waals surface area contributed by atoms with Crippen molar-refractivity contribution in [2.24, 2.45) is 0 Å². The Balaban J connectivity index is 0.992. The number of thioether (sulfide) groups is 1. The molecule has 0 unspecified atom stereocenters. The molecule has 2 aromatic carbocycles. The van der Waals surface area contributed by atoms with Crippen LogP contribution in [0.2, 0.25) is 0 Å². The predicted molar refractivity (Wildman–Crippen MR) is 159 cm³/mol. The van der Waals surface area contributed by atoms with E-state index in [4.69, 9.17) is 9.82 Å². The second kappa shape index (κ2) is 11.9. The lowest BCUT2D eigenvalue weighted by Crippen LogP contribution is -2.32. The molecule has 2 aliphatic heterocycles. The van der Waals surface area contributed by atoms with E-state index >= 15 is 0 Å². The molecule has 2 amide bonds. The van der Waals surface area contributed by atoms with E-state index in [1.807, 2.05) is 6.07 Å². The van der Waals surface area contributed by atoms with E-state index < -0.39 is 0 Å². The lowest BCUT2D eigenvalue weighted by Gasteiger charge is -2.13. The average molecular weight is 572 g/mol. The molecule has 1 saturated heterocycles. The highest BCUT2D eigenvalue weighted by atomic mass is 32.2. The third-order valence-electron chi connectivity index (χ3n) is 7.15. The molecule has 6 rings (SSSR count). The second-order valence-corrected chi connectivity index (χ2v) is 12.1. The summed E-state index contributed by atoms with van der Waals surface area (Å²) in [4.78, 5) is 36.8. The lowest BCUT2D eigenvalue weighted by atomic mass is 10.2. The standard InChI is InChI=1S/C31H31N4O3S2/c1-33-25-11-10-23(31-32-24-8-4-5-9-26(24)40-31)21-27(25)39-30(33)20-22-14-17-34(18-15-22)16-6-2-3-7-19-38-35-28(36)12-13-29(35)37/h4-5,8-11,14-15,17-18,20-21H,2-3,6-7,12-13,16,19H2,1H3/q+1. The van der Waals surface area contributed by atoms with E-state index in [0.29, 0.717) is 6.61 Å². The number of para-hydroxylation sites is 1. The maximum atomic E-state index is 11.6. The highest BCUT2D eigenvalue weighted by molar-refractivity contribution is 8.03. The average Bonchev–Trinajstić information content (AvgIpc) is 3.64. The fourth-order valence-electron chi connectivity index (χ4n) is 4.89. The number of imide groups is 1. The Hall–Kier alpha value is -3.53. The van der Waals surface area contributed by atoms with Gasteiger partial charge in [0.25, 0.3) is 11.8 Å². The van der Waals surface area contributed by atoms with Crippen molar-refractivity contribution in [3.63, 3.8) is 0 Å². The van der Waals surface area contributed by atoms with Gasteiger partial charge in [0, 0.05) is 48.9 Å². The highest BCUT2D eigenvalue weighted by Crippen LogP contribution is 2.47. The van der Waals surface area contributed by atoms with Gasteiger partial charge in [-0.05, 0) is 54.8 Å². The minimum atomic E-state index is -0.224. The molecule has 0 atom stereocenters. The first kappa shape index (κ1) is 26.7. The molecule has 4 aromatic rings. The van der Waals surface area contributed by atoms with Crippen LogP contribution in [0, 0.1) is 0 Å². The van der Waals surface area contributed by atoms with E-state index in [2.05, 4.69) is 83.5 Å². The fraction of sp³-hybridized carbons (Fsp3) is 0.290. The van der Waals surface area contributed by atoms with Crippen molar-refractivity contribution < 1.29 is 19.0 Å². The Morgan fingerprint density at radius 3 is 2.55 bits per heavy atom. The number of hydrogen-bond donors (Lipinski definition) is 0. The number of carbonyl (C=O) groups excluding carboxylic acids is 2. The molecule has 2 aromatic heterocycles. The molecule has 0 bridgehead atoms. The predicted octanol–water partition coefficient (Wildman–Crippen LogP) is 6.43. The number of pyridine rings is 1. The van der Waals surface area contributed by atoms with Crippen LogP contribution in [0.25, 0.3) is 26.9 Å². The zero-order valence-corrected chi connectivity index (χ0v) is 24.0. The topological polar surface area (TPSA) is 66.6 Å². The normalized spacial score (nSPS) is 16.1. The molecule has 204 valence electrons. The Kier molecular flexibility index (Phi) is 7.95. The summed E-state index contributed by atoms with van der Waals surface area (Å²) in [6, 6.07) is 19.2. The van der Waals surface area contributed by atoms with Crippen LogP contribution in [-0.2, 0) is 21.0 Å². The van der Waals surface area contributed by atoms with Gasteiger partial charge in [0.15, 0.2) is 12.4 Å². The van der Waals surface area contributed by atoms with Gasteiger partial charge in [-0.2, -0.15) is 5.06 Å². The van der Waals surface area contributed by atoms with Crippen molar-refractivity contribution in [3.8, 4) is 10.6 Å². The minimum Gasteiger partial charge on any atom is -0.338 e. The number of nitrogens with zero attached hydrogens (tertiary/aromatic N) is 4. The number of rotatable bonds is 10. The first-order valence-corrected chi connectivity index (χ1v) is 15.3. The molecule has 0 N–H and O–H groups in total. The Morgan fingerprint density at radius 1 is 0.975 bits per heavy atom. The maximum Gasteiger partial charge on any atom is 0.253 e. The van der Waals surface area contributed by atoms with Crippen LogP contribution in [0.5, 0.6) is 0 Å². The van der Waals surface area contributed by atoms with Gasteiger partial charge in [-0.15, -0.1) is 11.3 Å². The summed E-state index contributed by atoms with van der Waals surface area (Å²) in [5.74, 6) is -0.448. The van der Waals surface area contributed by atoms with Crippen molar-refractivity contribution in [2.75, 3.05) is 18.6 Å². The number of carbonyl (C=O) groups is 2. The number of aryl methyl sites for hydroxylation is 1. The molecule has 1 fully saturated rings. The van der Waals surface area contributed by atoms with Gasteiger partial charge in [0.2, 0.25) is 0 Å². The first-order valence-electron chi connectivity index (χ1n) is 13.7. The van der Waals surface area contributed by atoms with Gasteiger partial charge < -0.3 is 4.90 Å². The van der Waals surface area contributed by atoms with Crippen LogP contribution in [0.3, 0.4) is 0 Å². The molecular formula is C31H31N4O3S2+. The van der Waals surface area contributed by atoms with Crippen LogP contribution in [0.15, 0.2) is 76.9 Å². The molecule has 4 heterocycles. The second-order valence-electron chi connectivity index (χ2n) is 10.0. The van der Waals surface area contributed by atoms with Gasteiger partial charge in [0.1, 0.15) is 11.6 Å². The number of benzene rings is 2. The van der Waals surface area contributed by atoms with E-state index in [1.54, 1.807) is 23.1 Å². The number of unbranched alkanes of at least 4 members (excludes halogenated alkanes) is 3. The Bertz CT molecular complexity index is 1530. The number of aromatic nitrogens is 2. The third-order valence-corrected chi connectivity index (χ3v) is 9.38. The lowest BCUT2D eigenvalue weighted by molar-refractivity contribution is -0.697. The van der Waals surface area contributed by atoms with Gasteiger partial charge in [-0.3, -0.25) is 14.4 Å². The number of amides is 2. The van der Waals surface area contributed by atoms with Crippen molar-refractivity contribution in [3.05, 3.63) is 77.6 Å². The van der Waals surface area contributed by atoms with Gasteiger partial charge in [0.05, 0.1) is 27.5 Å². The Morgan fingerprint density at radius 2 is 1.75 bits per heavy atom. The van der Waals surface area contributed by atoms with Crippen LogP contribution in [0.4, 0.5) is 5.69 Å². The molecular weight excluding hydrogens is 541 g/mol. The zero-order chi connectivity index (χ0) is 27.5. The van der Waals surface area contributed by atoms with Crippen molar-refractivity contribution in [1.82, 2.24) is 10.0 Å². The van der Waals surface area contributed by atoms with Crippen LogP contribution >= 0.6 is 23.1 Å². The molecule has 2 aliphatic rings. The molecule has 9 heteroatoms. The quantitative estimate of drug-likeness (QED) is 0.124. The third kappa shape index (κ3) is 5.82. The number of anilines is 1. The van der Waals surface area contributed by atoms with E-state index in [-0.39, 0.29) is 24.7 Å². The molecule has 40 heavy (non-hydrogen) atoms. The number of fused-ring (bicyclic) bond motifs is 2. The number of thiazole rings is 1. The van der Waals surface area contributed by atoms with Crippen LogP contribution < -0.4 is 9.47 Å². The van der Waals surface area contributed by atoms with Crippen LogP contribution in [0.1, 0.15) is 44.1 Å². The summed E-state index contributed by atoms with van der Waals surface area (Å²) >= 11 is 3.53. The summed E-state index contributed by atoms with van der Waals surface area (Å²) in [5, 5.41) is 3.20. The van der Waals surface area contributed by atoms with Gasteiger partial charge in [-0.25, -0.2) is 9.55 Å². The molecule has 7 nitrogen and oxygen atoms in total. The summed E-state index contributed by atoms with van der Waals surface area (Å²) in [6.07, 6.45) is 11.0. The smallest absolute Gasteiger partial charge is 0.253 e. The zero-order valence-electron chi connectivity index (χ0n) is 22.4. The molecule has 0 aliphatic carbocycles. The van der Waals surface area contributed by atoms with Crippen molar-refractivity contribution in [2.45, 2.75) is 50.0 Å². The summed E-state index contributed by atoms with van der Waals surface area (Å²) in [5.41, 5.74) is 4.60. The molecule has 0 saturated carbocycles. The maximum absolute atomic E-state index is 11.6. The van der Waals surface area contributed by atoms with Crippen molar-refractivity contribution in [1.29, 1.82) is 0 Å². The van der Waals surface area contributed by atoms with E-state index in [1.165, 1.54) is 25.9 Å². The number of hydrogen-bond acceptors (Lipinski definition) is 7. The highest BCUT2D eigenvalue weighted by Gasteiger charge is 2.30. The molecule has 0 spiro atoms. The van der Waals surface area contributed by atoms with Crippen LogP contribution in [-0.4, -0.2) is 35.5 Å². The summed E-state index contributed by atoms with van der Waals surface area (Å²) in [7, 11) is 2.12. The minimum absolute atomic E-state index is 0.224. The van der Waals surface area contributed by atoms with Crippen molar-refractivity contribution >= 4 is 56.9 Å². The summed E-state index contributed by atoms with van der Waals surface area (Å²) in [6.45, 7) is 1.36. The van der Waals surface area contributed by atoms with E-state index in [9.17, 15) is 9.59 Å². The SMILES string of the molecule is CN1C(=Cc2cc[n+](CCCCCCON3C(=O)CCC3=O)cc2)Sc2cc(-c3nc4ccccc4s3)ccc21. The first-order chi connectivity index (χ1) is 19.5. The van der Waals surface area contributed by atoms with Gasteiger partial charge >= 0.3 is 0 Å². The molecule has 0 radical (unpaired) electrons. The van der Waals surface area contributed by atoms with E-state index in [0.717, 1.165) is 53.4 Å². The van der Waals surface area contributed by atoms with Gasteiger partial charge in [-0.1, -0.05) is 30.3 Å². The monoisotopic (exact) mass is 571 g/mol.